The smallest absolute Gasteiger partial charge is 0.420 e. The van der Waals surface area contributed by atoms with E-state index < -0.39 is 23.4 Å². The summed E-state index contributed by atoms with van der Waals surface area (Å²) < 4.78 is 10.7. The summed E-state index contributed by atoms with van der Waals surface area (Å²) >= 11 is 0. The first-order valence-corrected chi connectivity index (χ1v) is 8.66. The lowest BCUT2D eigenvalue weighted by Crippen LogP contribution is -2.43. The molecule has 8 nitrogen and oxygen atoms in total. The Bertz CT molecular complexity index is 662. The molecule has 0 fully saturated rings. The third-order valence-electron chi connectivity index (χ3n) is 3.01. The maximum Gasteiger partial charge on any atom is 0.420 e. The number of imide groups is 1. The van der Waals surface area contributed by atoms with Gasteiger partial charge in [-0.05, 0) is 59.2 Å². The van der Waals surface area contributed by atoms with Crippen molar-refractivity contribution in [1.82, 2.24) is 10.2 Å². The summed E-state index contributed by atoms with van der Waals surface area (Å²) in [5, 5.41) is 13.2. The molecule has 0 saturated carbocycles. The standard InChI is InChI=1S/C19H30N4O4/c1-18(2,3)26-16(24)23(17(25)27-19(4,5)6)12-13-9-8-10-14(11-13)22-15(20)21-7/h8-11H,12H2,1-7H3,(H3,20,21,22). The van der Waals surface area contributed by atoms with Gasteiger partial charge in [-0.1, -0.05) is 12.1 Å². The van der Waals surface area contributed by atoms with Crippen molar-refractivity contribution in [2.75, 3.05) is 12.4 Å². The fraction of sp³-hybridized carbons (Fsp3) is 0.526. The molecule has 150 valence electrons. The van der Waals surface area contributed by atoms with Crippen molar-refractivity contribution in [3.63, 3.8) is 0 Å². The number of benzene rings is 1. The quantitative estimate of drug-likeness (QED) is 0.544. The molecule has 0 radical (unpaired) electrons. The van der Waals surface area contributed by atoms with E-state index in [1.165, 1.54) is 0 Å². The summed E-state index contributed by atoms with van der Waals surface area (Å²) in [5.74, 6) is 0.128. The minimum absolute atomic E-state index is 0.0216. The van der Waals surface area contributed by atoms with Gasteiger partial charge in [0.25, 0.3) is 0 Å². The Labute approximate surface area is 160 Å². The summed E-state index contributed by atoms with van der Waals surface area (Å²) in [6.07, 6.45) is -1.56. The zero-order valence-electron chi connectivity index (χ0n) is 17.1. The Morgan fingerprint density at radius 2 is 1.56 bits per heavy atom. The number of carbonyl (C=O) groups excluding carboxylic acids is 2. The molecule has 0 bridgehead atoms. The van der Waals surface area contributed by atoms with E-state index in [-0.39, 0.29) is 12.5 Å². The second-order valence-electron chi connectivity index (χ2n) is 8.00. The van der Waals surface area contributed by atoms with E-state index >= 15 is 0 Å². The molecule has 1 rings (SSSR count). The largest absolute Gasteiger partial charge is 0.443 e. The molecule has 0 spiro atoms. The molecule has 0 aliphatic heterocycles. The lowest BCUT2D eigenvalue weighted by molar-refractivity contribution is -0.000246. The van der Waals surface area contributed by atoms with E-state index in [0.717, 1.165) is 4.90 Å². The van der Waals surface area contributed by atoms with E-state index in [4.69, 9.17) is 14.9 Å². The number of guanidine groups is 1. The summed E-state index contributed by atoms with van der Waals surface area (Å²) in [6.45, 7) is 10.3. The second kappa shape index (κ2) is 8.75. The van der Waals surface area contributed by atoms with Crippen molar-refractivity contribution in [1.29, 1.82) is 5.41 Å². The van der Waals surface area contributed by atoms with Crippen LogP contribution in [0.4, 0.5) is 15.3 Å². The van der Waals surface area contributed by atoms with Crippen LogP contribution in [0.2, 0.25) is 0 Å². The van der Waals surface area contributed by atoms with Gasteiger partial charge in [0, 0.05) is 12.7 Å². The number of hydrogen-bond acceptors (Lipinski definition) is 5. The third kappa shape index (κ3) is 8.44. The van der Waals surface area contributed by atoms with Gasteiger partial charge in [-0.25, -0.2) is 14.5 Å². The normalized spacial score (nSPS) is 11.4. The Kier molecular flexibility index (Phi) is 7.21. The molecule has 0 aromatic heterocycles. The zero-order valence-corrected chi connectivity index (χ0v) is 17.1. The molecular formula is C19H30N4O4. The van der Waals surface area contributed by atoms with Crippen molar-refractivity contribution in [3.05, 3.63) is 29.8 Å². The summed E-state index contributed by atoms with van der Waals surface area (Å²) in [5.41, 5.74) is -0.161. The van der Waals surface area contributed by atoms with Crippen molar-refractivity contribution in [3.8, 4) is 0 Å². The monoisotopic (exact) mass is 378 g/mol. The summed E-state index contributed by atoms with van der Waals surface area (Å²) in [6, 6.07) is 7.06. The van der Waals surface area contributed by atoms with Crippen molar-refractivity contribution in [2.45, 2.75) is 59.3 Å². The first-order valence-electron chi connectivity index (χ1n) is 8.66. The Morgan fingerprint density at radius 3 is 2.00 bits per heavy atom. The number of anilines is 1. The first kappa shape index (κ1) is 22.3. The Balaban J connectivity index is 3.06. The number of ether oxygens (including phenoxy) is 2. The third-order valence-corrected chi connectivity index (χ3v) is 3.01. The molecule has 2 amide bonds. The minimum atomic E-state index is -0.780. The van der Waals surface area contributed by atoms with Gasteiger partial charge in [-0.3, -0.25) is 5.41 Å². The minimum Gasteiger partial charge on any atom is -0.443 e. The molecule has 8 heteroatoms. The first-order chi connectivity index (χ1) is 12.3. The van der Waals surface area contributed by atoms with Crippen LogP contribution in [-0.4, -0.2) is 41.3 Å². The SMILES string of the molecule is CNC(=N)Nc1cccc(CN(C(=O)OC(C)(C)C)C(=O)OC(C)(C)C)c1. The summed E-state index contributed by atoms with van der Waals surface area (Å²) in [4.78, 5) is 26.0. The number of amides is 2. The van der Waals surface area contributed by atoms with Crippen LogP contribution in [0.5, 0.6) is 0 Å². The van der Waals surface area contributed by atoms with Gasteiger partial charge in [0.05, 0.1) is 6.54 Å². The van der Waals surface area contributed by atoms with Gasteiger partial charge < -0.3 is 20.1 Å². The predicted molar refractivity (Wildman–Crippen MR) is 105 cm³/mol. The van der Waals surface area contributed by atoms with Gasteiger partial charge in [0.15, 0.2) is 5.96 Å². The highest BCUT2D eigenvalue weighted by atomic mass is 16.6. The molecule has 27 heavy (non-hydrogen) atoms. The molecule has 0 atom stereocenters. The van der Waals surface area contributed by atoms with Gasteiger partial charge in [-0.15, -0.1) is 0 Å². The van der Waals surface area contributed by atoms with Crippen molar-refractivity contribution < 1.29 is 19.1 Å². The van der Waals surface area contributed by atoms with Crippen LogP contribution in [0.3, 0.4) is 0 Å². The average molecular weight is 378 g/mol. The number of carbonyl (C=O) groups is 2. The zero-order chi connectivity index (χ0) is 20.8. The van der Waals surface area contributed by atoms with Crippen molar-refractivity contribution in [2.24, 2.45) is 0 Å². The fourth-order valence-electron chi connectivity index (χ4n) is 1.97. The molecular weight excluding hydrogens is 348 g/mol. The number of rotatable bonds is 3. The fourth-order valence-corrected chi connectivity index (χ4v) is 1.97. The molecule has 0 unspecified atom stereocenters. The van der Waals surface area contributed by atoms with Crippen LogP contribution in [0, 0.1) is 5.41 Å². The number of hydrogen-bond donors (Lipinski definition) is 3. The molecule has 0 heterocycles. The van der Waals surface area contributed by atoms with Crippen LogP contribution in [0.25, 0.3) is 0 Å². The maximum absolute atomic E-state index is 12.5. The molecule has 0 aliphatic rings. The van der Waals surface area contributed by atoms with E-state index in [1.807, 2.05) is 0 Å². The highest BCUT2D eigenvalue weighted by Crippen LogP contribution is 2.18. The lowest BCUT2D eigenvalue weighted by atomic mass is 10.2. The van der Waals surface area contributed by atoms with E-state index in [2.05, 4.69) is 10.6 Å². The second-order valence-corrected chi connectivity index (χ2v) is 8.00. The van der Waals surface area contributed by atoms with Crippen LogP contribution in [-0.2, 0) is 16.0 Å². The Hall–Kier alpha value is -2.77. The van der Waals surface area contributed by atoms with Crippen LogP contribution in [0.1, 0.15) is 47.1 Å². The molecule has 0 aliphatic carbocycles. The van der Waals surface area contributed by atoms with Gasteiger partial charge in [0.1, 0.15) is 11.2 Å². The van der Waals surface area contributed by atoms with E-state index in [1.54, 1.807) is 72.9 Å². The van der Waals surface area contributed by atoms with Crippen LogP contribution < -0.4 is 10.6 Å². The summed E-state index contributed by atoms with van der Waals surface area (Å²) in [7, 11) is 1.63. The highest BCUT2D eigenvalue weighted by molar-refractivity contribution is 5.91. The highest BCUT2D eigenvalue weighted by Gasteiger charge is 2.31. The maximum atomic E-state index is 12.5. The van der Waals surface area contributed by atoms with Gasteiger partial charge >= 0.3 is 12.2 Å². The molecule has 1 aromatic rings. The molecule has 1 aromatic carbocycles. The van der Waals surface area contributed by atoms with Crippen LogP contribution >= 0.6 is 0 Å². The number of nitrogens with one attached hydrogen (secondary N) is 3. The molecule has 3 N–H and O–H groups in total. The van der Waals surface area contributed by atoms with Gasteiger partial charge in [0.2, 0.25) is 0 Å². The number of nitrogens with zero attached hydrogens (tertiary/aromatic N) is 1. The molecule has 0 saturated heterocycles. The topological polar surface area (TPSA) is 104 Å². The van der Waals surface area contributed by atoms with Crippen LogP contribution in [0.15, 0.2) is 24.3 Å². The van der Waals surface area contributed by atoms with E-state index in [0.29, 0.717) is 11.3 Å². The lowest BCUT2D eigenvalue weighted by Gasteiger charge is -2.28. The van der Waals surface area contributed by atoms with Crippen molar-refractivity contribution >= 4 is 23.8 Å². The average Bonchev–Trinajstić information content (AvgIpc) is 2.49. The van der Waals surface area contributed by atoms with Gasteiger partial charge in [-0.2, -0.15) is 0 Å². The predicted octanol–water partition coefficient (Wildman–Crippen LogP) is 3.92. The Morgan fingerprint density at radius 1 is 1.04 bits per heavy atom. The van der Waals surface area contributed by atoms with E-state index in [9.17, 15) is 9.59 Å².